The van der Waals surface area contributed by atoms with E-state index in [4.69, 9.17) is 4.74 Å². The van der Waals surface area contributed by atoms with E-state index in [0.717, 1.165) is 25.4 Å². The monoisotopic (exact) mass is 299 g/mol. The maximum atomic E-state index is 11.3. The number of ether oxygens (including phenoxy) is 1. The van der Waals surface area contributed by atoms with E-state index in [1.165, 1.54) is 32.1 Å². The molecule has 1 aliphatic carbocycles. The summed E-state index contributed by atoms with van der Waals surface area (Å²) in [6, 6.07) is 0. The minimum absolute atomic E-state index is 0.434. The molecule has 0 heterocycles. The minimum Gasteiger partial charge on any atom is -0.480 e. The van der Waals surface area contributed by atoms with Crippen LogP contribution in [0.4, 0.5) is 0 Å². The molecule has 0 aromatic carbocycles. The molecule has 0 aromatic rings. The highest BCUT2D eigenvalue weighted by molar-refractivity contribution is 5.78. The fraction of sp³-hybridized carbons (Fsp3) is 0.941. The van der Waals surface area contributed by atoms with Gasteiger partial charge in [-0.1, -0.05) is 33.1 Å². The molecule has 1 rings (SSSR count). The molecule has 4 nitrogen and oxygen atoms in total. The second kappa shape index (κ2) is 9.42. The second-order valence-electron chi connectivity index (χ2n) is 6.56. The zero-order valence-corrected chi connectivity index (χ0v) is 14.0. The van der Waals surface area contributed by atoms with Crippen molar-refractivity contribution in [2.24, 2.45) is 5.92 Å². The maximum absolute atomic E-state index is 11.3. The predicted molar refractivity (Wildman–Crippen MR) is 85.6 cm³/mol. The van der Waals surface area contributed by atoms with Gasteiger partial charge in [0.15, 0.2) is 0 Å². The SMILES string of the molecule is CCNC(C)(CCCCOC1CCCC(CC)C1)C(=O)O. The van der Waals surface area contributed by atoms with Crippen LogP contribution < -0.4 is 5.32 Å². The summed E-state index contributed by atoms with van der Waals surface area (Å²) in [5.41, 5.74) is -0.799. The van der Waals surface area contributed by atoms with Gasteiger partial charge in [0, 0.05) is 6.61 Å². The number of nitrogens with one attached hydrogen (secondary N) is 1. The van der Waals surface area contributed by atoms with Gasteiger partial charge in [-0.15, -0.1) is 0 Å². The van der Waals surface area contributed by atoms with Crippen LogP contribution in [0, 0.1) is 5.92 Å². The molecule has 0 bridgehead atoms. The van der Waals surface area contributed by atoms with Crippen molar-refractivity contribution >= 4 is 5.97 Å². The predicted octanol–water partition coefficient (Wildman–Crippen LogP) is 3.59. The first kappa shape index (κ1) is 18.4. The summed E-state index contributed by atoms with van der Waals surface area (Å²) in [5, 5.41) is 12.4. The van der Waals surface area contributed by atoms with Crippen LogP contribution in [0.25, 0.3) is 0 Å². The van der Waals surface area contributed by atoms with E-state index >= 15 is 0 Å². The third-order valence-electron chi connectivity index (χ3n) is 4.78. The Morgan fingerprint density at radius 3 is 2.71 bits per heavy atom. The number of carbonyl (C=O) groups is 1. The maximum Gasteiger partial charge on any atom is 0.323 e. The number of aliphatic carboxylic acids is 1. The summed E-state index contributed by atoms with van der Waals surface area (Å²) in [6.45, 7) is 7.42. The largest absolute Gasteiger partial charge is 0.480 e. The van der Waals surface area contributed by atoms with Gasteiger partial charge in [0.25, 0.3) is 0 Å². The van der Waals surface area contributed by atoms with Crippen LogP contribution in [-0.4, -0.2) is 35.9 Å². The third-order valence-corrected chi connectivity index (χ3v) is 4.78. The van der Waals surface area contributed by atoms with Crippen molar-refractivity contribution in [2.45, 2.75) is 83.8 Å². The van der Waals surface area contributed by atoms with E-state index < -0.39 is 11.5 Å². The number of likely N-dealkylation sites (N-methyl/N-ethyl adjacent to an activating group) is 1. The molecule has 3 unspecified atom stereocenters. The zero-order chi connectivity index (χ0) is 15.7. The molecule has 3 atom stereocenters. The molecule has 1 fully saturated rings. The Morgan fingerprint density at radius 1 is 1.33 bits per heavy atom. The molecule has 4 heteroatoms. The molecule has 0 aliphatic heterocycles. The number of rotatable bonds is 10. The average molecular weight is 299 g/mol. The number of carboxylic acid groups (broad SMARTS) is 1. The van der Waals surface area contributed by atoms with Crippen molar-refractivity contribution in [3.63, 3.8) is 0 Å². The van der Waals surface area contributed by atoms with E-state index in [0.29, 0.717) is 19.1 Å². The Hall–Kier alpha value is -0.610. The highest BCUT2D eigenvalue weighted by atomic mass is 16.5. The van der Waals surface area contributed by atoms with Crippen LogP contribution in [-0.2, 0) is 9.53 Å². The van der Waals surface area contributed by atoms with Crippen molar-refractivity contribution in [1.82, 2.24) is 5.32 Å². The number of hydrogen-bond acceptors (Lipinski definition) is 3. The summed E-state index contributed by atoms with van der Waals surface area (Å²) in [7, 11) is 0. The number of unbranched alkanes of at least 4 members (excludes halogenated alkanes) is 1. The summed E-state index contributed by atoms with van der Waals surface area (Å²) in [4.78, 5) is 11.3. The van der Waals surface area contributed by atoms with Crippen LogP contribution in [0.1, 0.15) is 72.1 Å². The molecule has 0 radical (unpaired) electrons. The Balaban J connectivity index is 2.17. The van der Waals surface area contributed by atoms with Crippen LogP contribution in [0.3, 0.4) is 0 Å². The Bertz CT molecular complexity index is 308. The fourth-order valence-electron chi connectivity index (χ4n) is 3.26. The Kier molecular flexibility index (Phi) is 8.27. The second-order valence-corrected chi connectivity index (χ2v) is 6.56. The van der Waals surface area contributed by atoms with Crippen LogP contribution in [0.15, 0.2) is 0 Å². The van der Waals surface area contributed by atoms with E-state index in [9.17, 15) is 9.90 Å². The first-order valence-electron chi connectivity index (χ1n) is 8.61. The number of hydrogen-bond donors (Lipinski definition) is 2. The van der Waals surface area contributed by atoms with Crippen molar-refractivity contribution in [2.75, 3.05) is 13.2 Å². The molecule has 0 amide bonds. The lowest BCUT2D eigenvalue weighted by Crippen LogP contribution is -2.49. The zero-order valence-electron chi connectivity index (χ0n) is 14.0. The molecular formula is C17H33NO3. The van der Waals surface area contributed by atoms with Gasteiger partial charge in [0.2, 0.25) is 0 Å². The smallest absolute Gasteiger partial charge is 0.323 e. The van der Waals surface area contributed by atoms with E-state index in [2.05, 4.69) is 12.2 Å². The van der Waals surface area contributed by atoms with Crippen LogP contribution >= 0.6 is 0 Å². The summed E-state index contributed by atoms with van der Waals surface area (Å²) in [5.74, 6) is 0.0798. The summed E-state index contributed by atoms with van der Waals surface area (Å²) >= 11 is 0. The van der Waals surface area contributed by atoms with Gasteiger partial charge < -0.3 is 15.2 Å². The lowest BCUT2D eigenvalue weighted by atomic mass is 9.85. The molecule has 21 heavy (non-hydrogen) atoms. The van der Waals surface area contributed by atoms with Crippen LogP contribution in [0.5, 0.6) is 0 Å². The van der Waals surface area contributed by atoms with Gasteiger partial charge in [-0.25, -0.2) is 0 Å². The first-order chi connectivity index (χ1) is 10.0. The summed E-state index contributed by atoms with van der Waals surface area (Å²) in [6.07, 6.45) is 9.24. The van der Waals surface area contributed by atoms with Crippen molar-refractivity contribution in [3.05, 3.63) is 0 Å². The Labute approximate surface area is 129 Å². The third kappa shape index (κ3) is 6.35. The molecule has 2 N–H and O–H groups in total. The average Bonchev–Trinajstić information content (AvgIpc) is 2.47. The van der Waals surface area contributed by atoms with Gasteiger partial charge >= 0.3 is 5.97 Å². The molecule has 0 saturated heterocycles. The highest BCUT2D eigenvalue weighted by Gasteiger charge is 2.31. The quantitative estimate of drug-likeness (QED) is 0.605. The standard InChI is InChI=1S/C17H33NO3/c1-4-14-9-8-10-15(13-14)21-12-7-6-11-17(3,16(19)20)18-5-2/h14-15,18H,4-13H2,1-3H3,(H,19,20). The van der Waals surface area contributed by atoms with Crippen molar-refractivity contribution in [3.8, 4) is 0 Å². The van der Waals surface area contributed by atoms with Gasteiger partial charge in [0.1, 0.15) is 5.54 Å². The molecule has 0 spiro atoms. The molecule has 1 saturated carbocycles. The topological polar surface area (TPSA) is 58.6 Å². The van der Waals surface area contributed by atoms with Gasteiger partial charge in [-0.2, -0.15) is 0 Å². The molecule has 124 valence electrons. The normalized spacial score (nSPS) is 25.5. The van der Waals surface area contributed by atoms with E-state index in [-0.39, 0.29) is 0 Å². The molecule has 0 aromatic heterocycles. The van der Waals surface area contributed by atoms with Crippen LogP contribution in [0.2, 0.25) is 0 Å². The minimum atomic E-state index is -0.799. The highest BCUT2D eigenvalue weighted by Crippen LogP contribution is 2.28. The number of carboxylic acids is 1. The fourth-order valence-corrected chi connectivity index (χ4v) is 3.26. The lowest BCUT2D eigenvalue weighted by Gasteiger charge is -2.29. The van der Waals surface area contributed by atoms with E-state index in [1.54, 1.807) is 6.92 Å². The van der Waals surface area contributed by atoms with E-state index in [1.807, 2.05) is 6.92 Å². The van der Waals surface area contributed by atoms with Gasteiger partial charge in [0.05, 0.1) is 6.10 Å². The van der Waals surface area contributed by atoms with Gasteiger partial charge in [-0.05, 0) is 51.5 Å². The van der Waals surface area contributed by atoms with Gasteiger partial charge in [-0.3, -0.25) is 4.79 Å². The first-order valence-corrected chi connectivity index (χ1v) is 8.61. The molecule has 1 aliphatic rings. The molecular weight excluding hydrogens is 266 g/mol. The lowest BCUT2D eigenvalue weighted by molar-refractivity contribution is -0.144. The van der Waals surface area contributed by atoms with Crippen molar-refractivity contribution < 1.29 is 14.6 Å². The summed E-state index contributed by atoms with van der Waals surface area (Å²) < 4.78 is 5.98. The van der Waals surface area contributed by atoms with Crippen molar-refractivity contribution in [1.29, 1.82) is 0 Å². The Morgan fingerprint density at radius 2 is 2.10 bits per heavy atom.